The van der Waals surface area contributed by atoms with E-state index in [2.05, 4.69) is 4.98 Å². The average molecular weight is 193 g/mol. The van der Waals surface area contributed by atoms with E-state index in [9.17, 15) is 4.79 Å². The van der Waals surface area contributed by atoms with Crippen molar-refractivity contribution in [2.75, 3.05) is 0 Å². The monoisotopic (exact) mass is 193 g/mol. The molecule has 0 unspecified atom stereocenters. The third-order valence-electron chi connectivity index (χ3n) is 1.96. The van der Waals surface area contributed by atoms with Crippen molar-refractivity contribution in [3.05, 3.63) is 34.5 Å². The van der Waals surface area contributed by atoms with Gasteiger partial charge in [-0.25, -0.2) is 4.98 Å². The Morgan fingerprint density at radius 3 is 2.64 bits per heavy atom. The van der Waals surface area contributed by atoms with Crippen molar-refractivity contribution in [1.29, 1.82) is 0 Å². The Bertz CT molecular complexity index is 482. The van der Waals surface area contributed by atoms with Gasteiger partial charge in [0.25, 0.3) is 5.56 Å². The molecule has 0 aromatic carbocycles. The van der Waals surface area contributed by atoms with E-state index >= 15 is 0 Å². The van der Waals surface area contributed by atoms with E-state index in [0.717, 1.165) is 5.69 Å². The molecule has 0 aliphatic rings. The van der Waals surface area contributed by atoms with Crippen LogP contribution >= 0.6 is 0 Å². The Balaban J connectivity index is 0.000000461. The number of nitrogens with zero attached hydrogens (tertiary/aromatic N) is 3. The molecule has 2 aromatic heterocycles. The van der Waals surface area contributed by atoms with E-state index in [1.54, 1.807) is 19.3 Å². The molecule has 14 heavy (non-hydrogen) atoms. The predicted molar refractivity (Wildman–Crippen MR) is 56.5 cm³/mol. The number of fused-ring (bicyclic) bond motifs is 1. The maximum absolute atomic E-state index is 11.3. The molecule has 76 valence electrons. The van der Waals surface area contributed by atoms with Crippen molar-refractivity contribution in [2.24, 2.45) is 7.05 Å². The molecule has 0 aliphatic carbocycles. The molecule has 0 atom stereocenters. The second kappa shape index (κ2) is 4.09. The average Bonchev–Trinajstić information content (AvgIpc) is 2.67. The first-order valence-electron chi connectivity index (χ1n) is 4.70. The van der Waals surface area contributed by atoms with Crippen molar-refractivity contribution in [2.45, 2.75) is 20.8 Å². The van der Waals surface area contributed by atoms with E-state index < -0.39 is 0 Å². The van der Waals surface area contributed by atoms with Crippen LogP contribution in [-0.4, -0.2) is 14.0 Å². The van der Waals surface area contributed by atoms with Gasteiger partial charge in [-0.1, -0.05) is 13.8 Å². The first kappa shape index (κ1) is 10.5. The third kappa shape index (κ3) is 1.55. The molecule has 2 heterocycles. The summed E-state index contributed by atoms with van der Waals surface area (Å²) in [5.41, 5.74) is 0.886. The quantitative estimate of drug-likeness (QED) is 0.634. The van der Waals surface area contributed by atoms with Gasteiger partial charge in [-0.15, -0.1) is 0 Å². The number of hydrogen-bond donors (Lipinski definition) is 0. The summed E-state index contributed by atoms with van der Waals surface area (Å²) in [7, 11) is 1.71. The Morgan fingerprint density at radius 2 is 2.00 bits per heavy atom. The Kier molecular flexibility index (Phi) is 3.06. The molecule has 0 saturated carbocycles. The van der Waals surface area contributed by atoms with Crippen molar-refractivity contribution in [3.63, 3.8) is 0 Å². The summed E-state index contributed by atoms with van der Waals surface area (Å²) in [5.74, 6) is 0.681. The van der Waals surface area contributed by atoms with Crippen LogP contribution in [0, 0.1) is 6.92 Å². The zero-order chi connectivity index (χ0) is 10.7. The van der Waals surface area contributed by atoms with Gasteiger partial charge >= 0.3 is 0 Å². The Morgan fingerprint density at radius 1 is 1.36 bits per heavy atom. The van der Waals surface area contributed by atoms with Gasteiger partial charge < -0.3 is 0 Å². The van der Waals surface area contributed by atoms with Crippen LogP contribution in [0.5, 0.6) is 0 Å². The van der Waals surface area contributed by atoms with Crippen LogP contribution in [0.1, 0.15) is 19.5 Å². The van der Waals surface area contributed by atoms with Crippen molar-refractivity contribution >= 4 is 5.78 Å². The number of imidazole rings is 1. The molecule has 0 bridgehead atoms. The van der Waals surface area contributed by atoms with Crippen LogP contribution < -0.4 is 5.56 Å². The van der Waals surface area contributed by atoms with Gasteiger partial charge in [-0.3, -0.25) is 13.8 Å². The van der Waals surface area contributed by atoms with E-state index in [0.29, 0.717) is 5.78 Å². The van der Waals surface area contributed by atoms with E-state index in [1.165, 1.54) is 4.57 Å². The first-order chi connectivity index (χ1) is 6.70. The number of rotatable bonds is 0. The molecule has 4 heteroatoms. The van der Waals surface area contributed by atoms with E-state index in [-0.39, 0.29) is 5.56 Å². The summed E-state index contributed by atoms with van der Waals surface area (Å²) in [5, 5.41) is 0. The highest BCUT2D eigenvalue weighted by molar-refractivity contribution is 5.31. The van der Waals surface area contributed by atoms with Crippen molar-refractivity contribution in [3.8, 4) is 0 Å². The van der Waals surface area contributed by atoms with Gasteiger partial charge in [0.15, 0.2) is 0 Å². The predicted octanol–water partition coefficient (Wildman–Crippen LogP) is 1.37. The number of hydrogen-bond acceptors (Lipinski definition) is 2. The van der Waals surface area contributed by atoms with Crippen LogP contribution in [-0.2, 0) is 7.05 Å². The number of aromatic nitrogens is 3. The topological polar surface area (TPSA) is 39.3 Å². The van der Waals surface area contributed by atoms with Gasteiger partial charge in [0.1, 0.15) is 0 Å². The van der Waals surface area contributed by atoms with Crippen LogP contribution in [0.15, 0.2) is 23.3 Å². The van der Waals surface area contributed by atoms with Gasteiger partial charge in [0.05, 0.1) is 0 Å². The summed E-state index contributed by atoms with van der Waals surface area (Å²) in [6.07, 6.45) is 3.52. The fraction of sp³-hybridized carbons (Fsp3) is 0.400. The molecular formula is C10H15N3O. The van der Waals surface area contributed by atoms with Crippen molar-refractivity contribution < 1.29 is 0 Å². The van der Waals surface area contributed by atoms with Crippen molar-refractivity contribution in [1.82, 2.24) is 14.0 Å². The fourth-order valence-corrected chi connectivity index (χ4v) is 1.26. The summed E-state index contributed by atoms with van der Waals surface area (Å²) < 4.78 is 3.40. The SMILES string of the molecule is CC.Cc1cc(=O)n(C)c2nccn12. The molecule has 0 aliphatic heterocycles. The lowest BCUT2D eigenvalue weighted by Crippen LogP contribution is -2.19. The molecule has 0 saturated heterocycles. The lowest BCUT2D eigenvalue weighted by molar-refractivity contribution is 0.829. The normalized spacial score (nSPS) is 9.71. The Labute approximate surface area is 82.8 Å². The second-order valence-corrected chi connectivity index (χ2v) is 2.78. The summed E-state index contributed by atoms with van der Waals surface area (Å²) in [4.78, 5) is 15.3. The maximum Gasteiger partial charge on any atom is 0.254 e. The standard InChI is InChI=1S/C8H9N3O.C2H6/c1-6-5-7(12)10(2)8-9-3-4-11(6)8;1-2/h3-5H,1-2H3;1-2H3. The molecule has 2 rings (SSSR count). The molecule has 2 aromatic rings. The van der Waals surface area contributed by atoms with Crippen LogP contribution in [0.25, 0.3) is 5.78 Å². The second-order valence-electron chi connectivity index (χ2n) is 2.78. The molecule has 0 spiro atoms. The smallest absolute Gasteiger partial charge is 0.254 e. The zero-order valence-electron chi connectivity index (χ0n) is 8.98. The minimum atomic E-state index is -0.0220. The lowest BCUT2D eigenvalue weighted by atomic mass is 10.4. The summed E-state index contributed by atoms with van der Waals surface area (Å²) >= 11 is 0. The van der Waals surface area contributed by atoms with E-state index in [1.807, 2.05) is 31.4 Å². The minimum absolute atomic E-state index is 0.0220. The first-order valence-corrected chi connectivity index (χ1v) is 4.70. The summed E-state index contributed by atoms with van der Waals surface area (Å²) in [6, 6.07) is 1.59. The van der Waals surface area contributed by atoms with Crippen LogP contribution in [0.4, 0.5) is 0 Å². The minimum Gasteiger partial charge on any atom is -0.290 e. The van der Waals surface area contributed by atoms with Crippen LogP contribution in [0.2, 0.25) is 0 Å². The highest BCUT2D eigenvalue weighted by atomic mass is 16.1. The largest absolute Gasteiger partial charge is 0.290 e. The van der Waals surface area contributed by atoms with Gasteiger partial charge in [-0.05, 0) is 6.92 Å². The van der Waals surface area contributed by atoms with Gasteiger partial charge in [0, 0.05) is 31.2 Å². The molecule has 0 fully saturated rings. The maximum atomic E-state index is 11.3. The van der Waals surface area contributed by atoms with Gasteiger partial charge in [-0.2, -0.15) is 0 Å². The molecule has 0 amide bonds. The highest BCUT2D eigenvalue weighted by Gasteiger charge is 2.01. The third-order valence-corrected chi connectivity index (χ3v) is 1.96. The fourth-order valence-electron chi connectivity index (χ4n) is 1.26. The summed E-state index contributed by atoms with van der Waals surface area (Å²) in [6.45, 7) is 5.88. The molecule has 4 nitrogen and oxygen atoms in total. The Hall–Kier alpha value is -1.58. The molecular weight excluding hydrogens is 178 g/mol. The zero-order valence-corrected chi connectivity index (χ0v) is 8.98. The van der Waals surface area contributed by atoms with E-state index in [4.69, 9.17) is 0 Å². The number of aryl methyl sites for hydroxylation is 2. The molecule has 0 N–H and O–H groups in total. The van der Waals surface area contributed by atoms with Gasteiger partial charge in [0.2, 0.25) is 5.78 Å². The molecule has 0 radical (unpaired) electrons. The van der Waals surface area contributed by atoms with Crippen LogP contribution in [0.3, 0.4) is 0 Å². The highest BCUT2D eigenvalue weighted by Crippen LogP contribution is 1.99. The lowest BCUT2D eigenvalue weighted by Gasteiger charge is -2.02.